The van der Waals surface area contributed by atoms with E-state index in [-0.39, 0.29) is 17.5 Å². The minimum Gasteiger partial charge on any atom is -0.497 e. The largest absolute Gasteiger partial charge is 0.497 e. The Morgan fingerprint density at radius 2 is 1.64 bits per heavy atom. The average Bonchev–Trinajstić information content (AvgIpc) is 3.68. The van der Waals surface area contributed by atoms with Gasteiger partial charge in [-0.05, 0) is 80.4 Å². The van der Waals surface area contributed by atoms with Crippen LogP contribution in [-0.4, -0.2) is 35.7 Å². The number of ether oxygens (including phenoxy) is 2. The molecule has 9 heteroatoms. The summed E-state index contributed by atoms with van der Waals surface area (Å²) in [5.74, 6) is 1.70. The Morgan fingerprint density at radius 1 is 0.972 bits per heavy atom. The predicted molar refractivity (Wildman–Crippen MR) is 139 cm³/mol. The standard InChI is InChI=1S/C27H26ClN3O4S/c1-19-26(18-30(21-12-13-21)36(32,33)25-16-14-23(34-2)15-17-25)27(35-24-6-4-3-5-7-24)31(29-19)22-10-8-20(28)9-11-22/h3-11,14-17,21H,12-13,18H2,1-2H3. The number of rotatable bonds is 9. The minimum absolute atomic E-state index is 0.0695. The second-order valence-electron chi connectivity index (χ2n) is 8.63. The number of hydrogen-bond donors (Lipinski definition) is 0. The van der Waals surface area contributed by atoms with Gasteiger partial charge in [0.2, 0.25) is 15.9 Å². The van der Waals surface area contributed by atoms with Crippen LogP contribution in [0.1, 0.15) is 24.1 Å². The first-order valence-electron chi connectivity index (χ1n) is 11.6. The van der Waals surface area contributed by atoms with Crippen LogP contribution in [0.25, 0.3) is 5.69 Å². The number of nitrogens with zero attached hydrogens (tertiary/aromatic N) is 3. The van der Waals surface area contributed by atoms with Gasteiger partial charge in [-0.15, -0.1) is 0 Å². The predicted octanol–water partition coefficient (Wildman–Crippen LogP) is 5.99. The molecular formula is C27H26ClN3O4S. The summed E-state index contributed by atoms with van der Waals surface area (Å²) in [5, 5.41) is 5.34. The van der Waals surface area contributed by atoms with Crippen LogP contribution in [-0.2, 0) is 16.6 Å². The third kappa shape index (κ3) is 4.97. The quantitative estimate of drug-likeness (QED) is 0.269. The molecular weight excluding hydrogens is 498 g/mol. The molecule has 1 aliphatic rings. The molecule has 1 fully saturated rings. The Morgan fingerprint density at radius 3 is 2.25 bits per heavy atom. The molecule has 1 saturated carbocycles. The van der Waals surface area contributed by atoms with Gasteiger partial charge in [-0.1, -0.05) is 29.8 Å². The molecule has 7 nitrogen and oxygen atoms in total. The van der Waals surface area contributed by atoms with Crippen LogP contribution in [0.3, 0.4) is 0 Å². The number of halogens is 1. The summed E-state index contributed by atoms with van der Waals surface area (Å²) >= 11 is 6.10. The molecule has 0 saturated heterocycles. The highest BCUT2D eigenvalue weighted by Gasteiger charge is 2.39. The molecule has 1 aliphatic carbocycles. The molecule has 0 atom stereocenters. The van der Waals surface area contributed by atoms with Crippen LogP contribution in [0.15, 0.2) is 83.8 Å². The number of aromatic nitrogens is 2. The van der Waals surface area contributed by atoms with Crippen molar-refractivity contribution < 1.29 is 17.9 Å². The fraction of sp³-hybridized carbons (Fsp3) is 0.222. The molecule has 186 valence electrons. The molecule has 5 rings (SSSR count). The fourth-order valence-corrected chi connectivity index (χ4v) is 5.77. The molecule has 4 aromatic rings. The summed E-state index contributed by atoms with van der Waals surface area (Å²) in [7, 11) is -2.21. The molecule has 1 aromatic heterocycles. The molecule has 0 radical (unpaired) electrons. The Labute approximate surface area is 215 Å². The van der Waals surface area contributed by atoms with Crippen molar-refractivity contribution in [2.75, 3.05) is 7.11 Å². The lowest BCUT2D eigenvalue weighted by molar-refractivity contribution is 0.383. The van der Waals surface area contributed by atoms with E-state index >= 15 is 0 Å². The van der Waals surface area contributed by atoms with Crippen molar-refractivity contribution in [3.63, 3.8) is 0 Å². The molecule has 0 spiro atoms. The van der Waals surface area contributed by atoms with E-state index in [0.29, 0.717) is 33.7 Å². The molecule has 0 bridgehead atoms. The Bertz CT molecular complexity index is 1450. The van der Waals surface area contributed by atoms with Gasteiger partial charge in [0.1, 0.15) is 11.5 Å². The molecule has 0 aliphatic heterocycles. The zero-order valence-electron chi connectivity index (χ0n) is 20.0. The number of para-hydroxylation sites is 1. The first-order valence-corrected chi connectivity index (χ1v) is 13.4. The van der Waals surface area contributed by atoms with E-state index < -0.39 is 10.0 Å². The summed E-state index contributed by atoms with van der Waals surface area (Å²) in [5.41, 5.74) is 2.15. The van der Waals surface area contributed by atoms with E-state index in [0.717, 1.165) is 18.5 Å². The van der Waals surface area contributed by atoms with Crippen molar-refractivity contribution in [2.24, 2.45) is 0 Å². The van der Waals surface area contributed by atoms with Crippen molar-refractivity contribution in [1.82, 2.24) is 14.1 Å². The Balaban J connectivity index is 1.57. The monoisotopic (exact) mass is 523 g/mol. The topological polar surface area (TPSA) is 73.7 Å². The minimum atomic E-state index is -3.76. The molecule has 0 N–H and O–H groups in total. The number of hydrogen-bond acceptors (Lipinski definition) is 5. The Hall–Kier alpha value is -3.33. The van der Waals surface area contributed by atoms with E-state index in [2.05, 4.69) is 0 Å². The van der Waals surface area contributed by atoms with Crippen LogP contribution in [0.4, 0.5) is 0 Å². The first-order chi connectivity index (χ1) is 17.4. The SMILES string of the molecule is COc1ccc(S(=O)(=O)N(Cc2c(C)nn(-c3ccc(Cl)cc3)c2Oc2ccccc2)C2CC2)cc1. The molecule has 0 unspecified atom stereocenters. The third-order valence-corrected chi connectivity index (χ3v) is 8.26. The summed E-state index contributed by atoms with van der Waals surface area (Å²) in [6.45, 7) is 2.01. The highest BCUT2D eigenvalue weighted by atomic mass is 35.5. The highest BCUT2D eigenvalue weighted by molar-refractivity contribution is 7.89. The molecule has 0 amide bonds. The van der Waals surface area contributed by atoms with Crippen LogP contribution in [0.5, 0.6) is 17.4 Å². The van der Waals surface area contributed by atoms with Gasteiger partial charge in [0.05, 0.1) is 29.0 Å². The van der Waals surface area contributed by atoms with Gasteiger partial charge in [-0.3, -0.25) is 0 Å². The summed E-state index contributed by atoms with van der Waals surface area (Å²) in [4.78, 5) is 0.225. The van der Waals surface area contributed by atoms with Gasteiger partial charge in [-0.25, -0.2) is 13.1 Å². The zero-order valence-corrected chi connectivity index (χ0v) is 21.5. The molecule has 3 aromatic carbocycles. The highest BCUT2D eigenvalue weighted by Crippen LogP contribution is 2.38. The van der Waals surface area contributed by atoms with E-state index in [1.54, 1.807) is 52.5 Å². The van der Waals surface area contributed by atoms with Crippen LogP contribution in [0, 0.1) is 6.92 Å². The average molecular weight is 524 g/mol. The third-order valence-electron chi connectivity index (χ3n) is 6.10. The lowest BCUT2D eigenvalue weighted by Gasteiger charge is -2.22. The molecule has 1 heterocycles. The zero-order chi connectivity index (χ0) is 25.3. The van der Waals surface area contributed by atoms with Crippen molar-refractivity contribution in [3.8, 4) is 23.1 Å². The van der Waals surface area contributed by atoms with Gasteiger partial charge in [0.15, 0.2) is 0 Å². The van der Waals surface area contributed by atoms with E-state index in [1.807, 2.05) is 49.4 Å². The second kappa shape index (κ2) is 9.97. The van der Waals surface area contributed by atoms with Crippen molar-refractivity contribution in [3.05, 3.63) is 95.1 Å². The van der Waals surface area contributed by atoms with Gasteiger partial charge < -0.3 is 9.47 Å². The maximum absolute atomic E-state index is 13.7. The maximum atomic E-state index is 13.7. The number of methoxy groups -OCH3 is 1. The van der Waals surface area contributed by atoms with Crippen LogP contribution >= 0.6 is 11.6 Å². The van der Waals surface area contributed by atoms with E-state index in [1.165, 1.54) is 0 Å². The summed E-state index contributed by atoms with van der Waals surface area (Å²) < 4.78 is 42.2. The second-order valence-corrected chi connectivity index (χ2v) is 11.0. The van der Waals surface area contributed by atoms with Gasteiger partial charge in [-0.2, -0.15) is 9.40 Å². The van der Waals surface area contributed by atoms with E-state index in [4.69, 9.17) is 26.2 Å². The van der Waals surface area contributed by atoms with Gasteiger partial charge >= 0.3 is 0 Å². The maximum Gasteiger partial charge on any atom is 0.243 e. The summed E-state index contributed by atoms with van der Waals surface area (Å²) in [6.07, 6.45) is 1.63. The van der Waals surface area contributed by atoms with Crippen molar-refractivity contribution in [1.29, 1.82) is 0 Å². The summed E-state index contributed by atoms with van der Waals surface area (Å²) in [6, 6.07) is 23.1. The van der Waals surface area contributed by atoms with E-state index in [9.17, 15) is 8.42 Å². The van der Waals surface area contributed by atoms with Gasteiger partial charge in [0, 0.05) is 17.6 Å². The van der Waals surface area contributed by atoms with Crippen LogP contribution < -0.4 is 9.47 Å². The van der Waals surface area contributed by atoms with Gasteiger partial charge in [0.25, 0.3) is 0 Å². The number of benzene rings is 3. The van der Waals surface area contributed by atoms with Crippen LogP contribution in [0.2, 0.25) is 5.02 Å². The molecule has 36 heavy (non-hydrogen) atoms. The smallest absolute Gasteiger partial charge is 0.243 e. The number of aryl methyl sites for hydroxylation is 1. The first kappa shape index (κ1) is 24.4. The lowest BCUT2D eigenvalue weighted by Crippen LogP contribution is -2.33. The van der Waals surface area contributed by atoms with Crippen molar-refractivity contribution in [2.45, 2.75) is 37.2 Å². The lowest BCUT2D eigenvalue weighted by atomic mass is 10.2. The number of sulfonamides is 1. The fourth-order valence-electron chi connectivity index (χ4n) is 3.99. The Kier molecular flexibility index (Phi) is 6.75. The normalized spacial score (nSPS) is 13.7. The van der Waals surface area contributed by atoms with Crippen molar-refractivity contribution >= 4 is 21.6 Å².